The van der Waals surface area contributed by atoms with Crippen LogP contribution in [0.1, 0.15) is 11.1 Å². The summed E-state index contributed by atoms with van der Waals surface area (Å²) in [7, 11) is 0. The molecule has 1 amide bonds. The molecule has 1 aromatic carbocycles. The molecular weight excluding hydrogens is 248 g/mol. The summed E-state index contributed by atoms with van der Waals surface area (Å²) in [5, 5.41) is 23.0. The Morgan fingerprint density at radius 1 is 1.37 bits per heavy atom. The van der Waals surface area contributed by atoms with E-state index in [2.05, 4.69) is 10.6 Å². The van der Waals surface area contributed by atoms with Crippen LogP contribution in [0, 0.1) is 0 Å². The second-order valence-corrected chi connectivity index (χ2v) is 4.49. The summed E-state index contributed by atoms with van der Waals surface area (Å²) in [6.07, 6.45) is 0.514. The van der Waals surface area contributed by atoms with E-state index in [0.717, 1.165) is 11.1 Å². The second kappa shape index (κ2) is 5.81. The van der Waals surface area contributed by atoms with Gasteiger partial charge in [-0.05, 0) is 17.5 Å². The van der Waals surface area contributed by atoms with Crippen LogP contribution in [0.15, 0.2) is 24.3 Å². The van der Waals surface area contributed by atoms with Crippen molar-refractivity contribution in [3.05, 3.63) is 35.4 Å². The number of nitrogens with one attached hydrogen (secondary N) is 2. The number of benzene rings is 1. The van der Waals surface area contributed by atoms with Gasteiger partial charge in [0, 0.05) is 6.54 Å². The Morgan fingerprint density at radius 3 is 2.68 bits per heavy atom. The van der Waals surface area contributed by atoms with Crippen LogP contribution in [-0.2, 0) is 22.6 Å². The average molecular weight is 264 g/mol. The third-order valence-electron chi connectivity index (χ3n) is 3.19. The molecule has 0 radical (unpaired) electrons. The molecule has 1 aliphatic rings. The average Bonchev–Trinajstić information content (AvgIpc) is 2.43. The first-order valence-electron chi connectivity index (χ1n) is 6.06. The zero-order valence-electron chi connectivity index (χ0n) is 10.3. The standard InChI is InChI=1S/C13H16N2O4/c16-7-11(13(18)19)15-12(17)10-5-8-3-1-2-4-9(8)6-14-10/h1-4,10-11,14,16H,5-7H2,(H,15,17)(H,18,19)/t10?,11-/m1/s1. The van der Waals surface area contributed by atoms with E-state index in [1.165, 1.54) is 0 Å². The summed E-state index contributed by atoms with van der Waals surface area (Å²) in [5.41, 5.74) is 2.22. The van der Waals surface area contributed by atoms with Crippen molar-refractivity contribution in [2.24, 2.45) is 0 Å². The highest BCUT2D eigenvalue weighted by atomic mass is 16.4. The molecule has 1 heterocycles. The van der Waals surface area contributed by atoms with E-state index in [4.69, 9.17) is 10.2 Å². The molecule has 6 nitrogen and oxygen atoms in total. The third-order valence-corrected chi connectivity index (χ3v) is 3.19. The van der Waals surface area contributed by atoms with E-state index in [-0.39, 0.29) is 0 Å². The highest BCUT2D eigenvalue weighted by molar-refractivity contribution is 5.87. The summed E-state index contributed by atoms with van der Waals surface area (Å²) >= 11 is 0. The molecule has 1 unspecified atom stereocenters. The maximum Gasteiger partial charge on any atom is 0.328 e. The minimum absolute atomic E-state index is 0.407. The smallest absolute Gasteiger partial charge is 0.328 e. The SMILES string of the molecule is O=C(N[C@H](CO)C(=O)O)C1Cc2ccccc2CN1. The molecule has 1 aliphatic heterocycles. The lowest BCUT2D eigenvalue weighted by Gasteiger charge is -2.26. The van der Waals surface area contributed by atoms with Gasteiger partial charge in [-0.1, -0.05) is 24.3 Å². The van der Waals surface area contributed by atoms with Gasteiger partial charge in [0.2, 0.25) is 5.91 Å². The number of aliphatic hydroxyl groups excluding tert-OH is 1. The van der Waals surface area contributed by atoms with Crippen LogP contribution < -0.4 is 10.6 Å². The Bertz CT molecular complexity index is 489. The molecule has 2 atom stereocenters. The van der Waals surface area contributed by atoms with Gasteiger partial charge >= 0.3 is 5.97 Å². The molecule has 0 aromatic heterocycles. The predicted molar refractivity (Wildman–Crippen MR) is 67.4 cm³/mol. The molecular formula is C13H16N2O4. The van der Waals surface area contributed by atoms with Crippen LogP contribution in [0.4, 0.5) is 0 Å². The number of carboxylic acids is 1. The predicted octanol–water partition coefficient (Wildman–Crippen LogP) is -0.737. The molecule has 19 heavy (non-hydrogen) atoms. The highest BCUT2D eigenvalue weighted by Crippen LogP contribution is 2.16. The number of carbonyl (C=O) groups excluding carboxylic acids is 1. The topological polar surface area (TPSA) is 98.7 Å². The summed E-state index contributed by atoms with van der Waals surface area (Å²) in [6, 6.07) is 6.07. The Balaban J connectivity index is 2.01. The van der Waals surface area contributed by atoms with Gasteiger partial charge in [-0.2, -0.15) is 0 Å². The van der Waals surface area contributed by atoms with Crippen LogP contribution >= 0.6 is 0 Å². The number of aliphatic carboxylic acids is 1. The molecule has 0 saturated carbocycles. The number of amides is 1. The number of fused-ring (bicyclic) bond motifs is 1. The van der Waals surface area contributed by atoms with Crippen molar-refractivity contribution in [1.29, 1.82) is 0 Å². The van der Waals surface area contributed by atoms with Crippen molar-refractivity contribution in [2.45, 2.75) is 25.0 Å². The van der Waals surface area contributed by atoms with Gasteiger partial charge in [0.05, 0.1) is 12.6 Å². The lowest BCUT2D eigenvalue weighted by atomic mass is 9.95. The Labute approximate surface area is 110 Å². The minimum Gasteiger partial charge on any atom is -0.480 e. The number of rotatable bonds is 4. The normalized spacial score (nSPS) is 19.3. The van der Waals surface area contributed by atoms with Gasteiger partial charge in [0.1, 0.15) is 6.04 Å². The molecule has 6 heteroatoms. The molecule has 0 bridgehead atoms. The second-order valence-electron chi connectivity index (χ2n) is 4.49. The van der Waals surface area contributed by atoms with Crippen molar-refractivity contribution in [3.63, 3.8) is 0 Å². The number of carboxylic acid groups (broad SMARTS) is 1. The summed E-state index contributed by atoms with van der Waals surface area (Å²) < 4.78 is 0. The number of hydrogen-bond acceptors (Lipinski definition) is 4. The highest BCUT2D eigenvalue weighted by Gasteiger charge is 2.27. The number of aliphatic hydroxyl groups is 1. The molecule has 0 spiro atoms. The van der Waals surface area contributed by atoms with Crippen LogP contribution in [0.5, 0.6) is 0 Å². The maximum atomic E-state index is 11.9. The van der Waals surface area contributed by atoms with Crippen molar-refractivity contribution < 1.29 is 19.8 Å². The van der Waals surface area contributed by atoms with Gasteiger partial charge < -0.3 is 20.8 Å². The van der Waals surface area contributed by atoms with Crippen LogP contribution in [0.3, 0.4) is 0 Å². The summed E-state index contributed by atoms with van der Waals surface area (Å²) in [4.78, 5) is 22.7. The first kappa shape index (κ1) is 13.5. The van der Waals surface area contributed by atoms with Gasteiger partial charge in [-0.25, -0.2) is 4.79 Å². The molecule has 4 N–H and O–H groups in total. The fourth-order valence-corrected chi connectivity index (χ4v) is 2.10. The van der Waals surface area contributed by atoms with Crippen LogP contribution in [0.25, 0.3) is 0 Å². The fourth-order valence-electron chi connectivity index (χ4n) is 2.10. The van der Waals surface area contributed by atoms with E-state index in [1.807, 2.05) is 24.3 Å². The van der Waals surface area contributed by atoms with Gasteiger partial charge in [0.25, 0.3) is 0 Å². The number of hydrogen-bond donors (Lipinski definition) is 4. The quantitative estimate of drug-likeness (QED) is 0.574. The molecule has 0 saturated heterocycles. The lowest BCUT2D eigenvalue weighted by molar-refractivity contribution is -0.143. The van der Waals surface area contributed by atoms with E-state index in [0.29, 0.717) is 13.0 Å². The van der Waals surface area contributed by atoms with Crippen molar-refractivity contribution in [2.75, 3.05) is 6.61 Å². The van der Waals surface area contributed by atoms with Gasteiger partial charge in [-0.3, -0.25) is 4.79 Å². The lowest BCUT2D eigenvalue weighted by Crippen LogP contribution is -2.53. The van der Waals surface area contributed by atoms with Crippen molar-refractivity contribution >= 4 is 11.9 Å². The Morgan fingerprint density at radius 2 is 2.05 bits per heavy atom. The zero-order chi connectivity index (χ0) is 13.8. The summed E-state index contributed by atoms with van der Waals surface area (Å²) in [6.45, 7) is -0.0461. The first-order valence-corrected chi connectivity index (χ1v) is 6.06. The minimum atomic E-state index is -1.26. The maximum absolute atomic E-state index is 11.9. The third kappa shape index (κ3) is 3.10. The van der Waals surface area contributed by atoms with Crippen LogP contribution in [-0.4, -0.2) is 40.8 Å². The molecule has 102 valence electrons. The molecule has 0 fully saturated rings. The van der Waals surface area contributed by atoms with Crippen molar-refractivity contribution in [1.82, 2.24) is 10.6 Å². The Kier molecular flexibility index (Phi) is 4.13. The van der Waals surface area contributed by atoms with Crippen LogP contribution in [0.2, 0.25) is 0 Å². The van der Waals surface area contributed by atoms with Crippen molar-refractivity contribution in [3.8, 4) is 0 Å². The van der Waals surface area contributed by atoms with Gasteiger partial charge in [0.15, 0.2) is 0 Å². The molecule has 0 aliphatic carbocycles. The van der Waals surface area contributed by atoms with E-state index >= 15 is 0 Å². The van der Waals surface area contributed by atoms with E-state index < -0.39 is 30.6 Å². The first-order chi connectivity index (χ1) is 9.11. The number of carbonyl (C=O) groups is 2. The Hall–Kier alpha value is -1.92. The zero-order valence-corrected chi connectivity index (χ0v) is 10.3. The van der Waals surface area contributed by atoms with E-state index in [9.17, 15) is 9.59 Å². The monoisotopic (exact) mass is 264 g/mol. The molecule has 1 aromatic rings. The largest absolute Gasteiger partial charge is 0.480 e. The van der Waals surface area contributed by atoms with Gasteiger partial charge in [-0.15, -0.1) is 0 Å². The molecule has 2 rings (SSSR count). The van der Waals surface area contributed by atoms with E-state index in [1.54, 1.807) is 0 Å². The summed E-state index contributed by atoms with van der Waals surface area (Å²) in [5.74, 6) is -1.65. The fraction of sp³-hybridized carbons (Fsp3) is 0.385.